The standard InChI is InChI=1S/C6H6.C4H6O6/c1-2-4-6-5-3-1;5-3(6)9-1-2-10-4(7)8/h1-6H;1-2H2,(H,5,6)(H,7,8)/p-2. The summed E-state index contributed by atoms with van der Waals surface area (Å²) in [4.78, 5) is 19.0. The molecule has 0 spiro atoms. The molecule has 0 fully saturated rings. The summed E-state index contributed by atoms with van der Waals surface area (Å²) < 4.78 is 7.56. The number of ether oxygens (including phenoxy) is 2. The number of hydrogen-bond donors (Lipinski definition) is 0. The third kappa shape index (κ3) is 11.8. The van der Waals surface area contributed by atoms with E-state index in [4.69, 9.17) is 0 Å². The first-order valence-corrected chi connectivity index (χ1v) is 4.30. The van der Waals surface area contributed by atoms with E-state index in [1.165, 1.54) is 0 Å². The summed E-state index contributed by atoms with van der Waals surface area (Å²) >= 11 is 0. The van der Waals surface area contributed by atoms with E-state index in [1.807, 2.05) is 36.4 Å². The van der Waals surface area contributed by atoms with Crippen molar-refractivity contribution in [2.45, 2.75) is 0 Å². The largest absolute Gasteiger partial charge is 0.548 e. The van der Waals surface area contributed by atoms with Crippen LogP contribution in [0.3, 0.4) is 0 Å². The molecule has 0 aliphatic rings. The number of benzene rings is 1. The normalized spacial score (nSPS) is 8.25. The summed E-state index contributed by atoms with van der Waals surface area (Å²) in [6.07, 6.45) is -3.44. The molecular weight excluding hydrogens is 216 g/mol. The van der Waals surface area contributed by atoms with Crippen molar-refractivity contribution in [3.8, 4) is 0 Å². The van der Waals surface area contributed by atoms with Gasteiger partial charge in [-0.3, -0.25) is 0 Å². The lowest BCUT2D eigenvalue weighted by molar-refractivity contribution is -0.291. The minimum absolute atomic E-state index is 0.379. The quantitative estimate of drug-likeness (QED) is 0.503. The SMILES string of the molecule is O=C([O-])OCCOC(=O)[O-].c1ccccc1. The molecule has 0 aliphatic carbocycles. The molecule has 6 heteroatoms. The Hall–Kier alpha value is -2.24. The Labute approximate surface area is 92.0 Å². The van der Waals surface area contributed by atoms with E-state index >= 15 is 0 Å². The number of carbonyl (C=O) groups is 2. The van der Waals surface area contributed by atoms with Crippen molar-refractivity contribution in [1.82, 2.24) is 0 Å². The van der Waals surface area contributed by atoms with Gasteiger partial charge in [0.05, 0.1) is 0 Å². The molecule has 1 aromatic carbocycles. The molecule has 0 saturated heterocycles. The van der Waals surface area contributed by atoms with Crippen LogP contribution in [0.4, 0.5) is 9.59 Å². The van der Waals surface area contributed by atoms with Gasteiger partial charge in [-0.2, -0.15) is 0 Å². The van der Waals surface area contributed by atoms with Crippen LogP contribution in [0.5, 0.6) is 0 Å². The van der Waals surface area contributed by atoms with Crippen molar-refractivity contribution in [1.29, 1.82) is 0 Å². The summed E-state index contributed by atoms with van der Waals surface area (Å²) in [6.45, 7) is -0.757. The van der Waals surface area contributed by atoms with Crippen LogP contribution in [0.1, 0.15) is 0 Å². The fraction of sp³-hybridized carbons (Fsp3) is 0.200. The molecule has 0 aliphatic heterocycles. The maximum absolute atomic E-state index is 9.49. The molecule has 0 N–H and O–H groups in total. The second-order valence-corrected chi connectivity index (χ2v) is 2.35. The predicted molar refractivity (Wildman–Crippen MR) is 49.1 cm³/mol. The molecule has 0 saturated carbocycles. The lowest BCUT2D eigenvalue weighted by Crippen LogP contribution is -2.28. The molecule has 1 rings (SSSR count). The molecule has 16 heavy (non-hydrogen) atoms. The number of carbonyl (C=O) groups excluding carboxylic acids is 2. The maximum atomic E-state index is 9.49. The van der Waals surface area contributed by atoms with Crippen molar-refractivity contribution in [2.75, 3.05) is 13.2 Å². The number of carboxylic acid groups (broad SMARTS) is 2. The van der Waals surface area contributed by atoms with Crippen molar-refractivity contribution >= 4 is 12.3 Å². The molecule has 88 valence electrons. The van der Waals surface area contributed by atoms with Crippen LogP contribution in [-0.4, -0.2) is 25.5 Å². The van der Waals surface area contributed by atoms with Crippen LogP contribution in [0.15, 0.2) is 36.4 Å². The monoisotopic (exact) mass is 226 g/mol. The Bertz CT molecular complexity index is 255. The number of hydrogen-bond acceptors (Lipinski definition) is 6. The average molecular weight is 226 g/mol. The minimum Gasteiger partial charge on any atom is -0.548 e. The van der Waals surface area contributed by atoms with E-state index in [1.54, 1.807) is 0 Å². The Morgan fingerprint density at radius 3 is 1.19 bits per heavy atom. The molecule has 0 radical (unpaired) electrons. The minimum atomic E-state index is -1.72. The van der Waals surface area contributed by atoms with E-state index < -0.39 is 12.3 Å². The van der Waals surface area contributed by atoms with Crippen LogP contribution < -0.4 is 10.2 Å². The fourth-order valence-corrected chi connectivity index (χ4v) is 0.635. The van der Waals surface area contributed by atoms with Crippen molar-refractivity contribution < 1.29 is 29.3 Å². The fourth-order valence-electron chi connectivity index (χ4n) is 0.635. The van der Waals surface area contributed by atoms with Crippen LogP contribution in [0, 0.1) is 0 Å². The Kier molecular flexibility index (Phi) is 8.02. The molecule has 0 atom stereocenters. The van der Waals surface area contributed by atoms with Gasteiger partial charge in [0.15, 0.2) is 0 Å². The number of rotatable bonds is 3. The highest BCUT2D eigenvalue weighted by Gasteiger charge is 1.83. The smallest absolute Gasteiger partial charge is 0.252 e. The van der Waals surface area contributed by atoms with Gasteiger partial charge in [-0.05, 0) is 0 Å². The van der Waals surface area contributed by atoms with Gasteiger partial charge in [-0.1, -0.05) is 36.4 Å². The topological polar surface area (TPSA) is 98.7 Å². The van der Waals surface area contributed by atoms with Gasteiger partial charge in [0.2, 0.25) is 0 Å². The highest BCUT2D eigenvalue weighted by Crippen LogP contribution is 1.80. The second kappa shape index (κ2) is 9.32. The van der Waals surface area contributed by atoms with Gasteiger partial charge in [0.25, 0.3) is 12.3 Å². The lowest BCUT2D eigenvalue weighted by atomic mass is 10.4. The first-order valence-electron chi connectivity index (χ1n) is 4.30. The van der Waals surface area contributed by atoms with Crippen LogP contribution in [0.2, 0.25) is 0 Å². The maximum Gasteiger partial charge on any atom is 0.252 e. The molecule has 0 heterocycles. The van der Waals surface area contributed by atoms with Crippen molar-refractivity contribution in [3.05, 3.63) is 36.4 Å². The van der Waals surface area contributed by atoms with Crippen LogP contribution in [-0.2, 0) is 9.47 Å². The molecule has 6 nitrogen and oxygen atoms in total. The average Bonchev–Trinajstić information content (AvgIpc) is 2.27. The van der Waals surface area contributed by atoms with E-state index in [0.717, 1.165) is 0 Å². The van der Waals surface area contributed by atoms with Gasteiger partial charge in [-0.25, -0.2) is 0 Å². The summed E-state index contributed by atoms with van der Waals surface area (Å²) in [5.41, 5.74) is 0. The van der Waals surface area contributed by atoms with Crippen molar-refractivity contribution in [2.24, 2.45) is 0 Å². The van der Waals surface area contributed by atoms with Gasteiger partial charge in [-0.15, -0.1) is 0 Å². The lowest BCUT2D eigenvalue weighted by Gasteiger charge is -2.10. The zero-order chi connectivity index (χ0) is 12.2. The summed E-state index contributed by atoms with van der Waals surface area (Å²) in [7, 11) is 0. The Morgan fingerprint density at radius 2 is 1.00 bits per heavy atom. The van der Waals surface area contributed by atoms with E-state index in [0.29, 0.717) is 0 Å². The van der Waals surface area contributed by atoms with E-state index in [2.05, 4.69) is 9.47 Å². The third-order valence-corrected chi connectivity index (χ3v) is 1.19. The highest BCUT2D eigenvalue weighted by molar-refractivity contribution is 5.54. The van der Waals surface area contributed by atoms with Gasteiger partial charge >= 0.3 is 0 Å². The second-order valence-electron chi connectivity index (χ2n) is 2.35. The first kappa shape index (κ1) is 13.8. The Balaban J connectivity index is 0.000000315. The molecule has 1 aromatic rings. The molecule has 0 unspecified atom stereocenters. The summed E-state index contributed by atoms with van der Waals surface area (Å²) in [5, 5.41) is 19.0. The zero-order valence-corrected chi connectivity index (χ0v) is 8.33. The molecular formula is C10H10O6-2. The predicted octanol–water partition coefficient (Wildman–Crippen LogP) is -0.607. The van der Waals surface area contributed by atoms with E-state index in [-0.39, 0.29) is 13.2 Å². The van der Waals surface area contributed by atoms with Gasteiger partial charge < -0.3 is 29.3 Å². The molecule has 0 amide bonds. The highest BCUT2D eigenvalue weighted by atomic mass is 16.7. The van der Waals surface area contributed by atoms with Gasteiger partial charge in [0.1, 0.15) is 0 Å². The molecule has 0 bridgehead atoms. The van der Waals surface area contributed by atoms with Crippen LogP contribution >= 0.6 is 0 Å². The summed E-state index contributed by atoms with van der Waals surface area (Å²) in [6, 6.07) is 12.0. The molecule has 0 aromatic heterocycles. The zero-order valence-electron chi connectivity index (χ0n) is 8.33. The van der Waals surface area contributed by atoms with E-state index in [9.17, 15) is 19.8 Å². The van der Waals surface area contributed by atoms with Crippen LogP contribution in [0.25, 0.3) is 0 Å². The first-order chi connectivity index (χ1) is 7.63. The van der Waals surface area contributed by atoms with Gasteiger partial charge in [0, 0.05) is 13.2 Å². The third-order valence-electron chi connectivity index (χ3n) is 1.19. The summed E-state index contributed by atoms with van der Waals surface area (Å²) in [5.74, 6) is 0. The Morgan fingerprint density at radius 1 is 0.750 bits per heavy atom. The van der Waals surface area contributed by atoms with Crippen molar-refractivity contribution in [3.63, 3.8) is 0 Å².